The third kappa shape index (κ3) is 2.35. The van der Waals surface area contributed by atoms with Crippen LogP contribution >= 0.6 is 24.8 Å². The first-order valence-electron chi connectivity index (χ1n) is 3.82. The monoisotopic (exact) mass is 234 g/mol. The predicted octanol–water partition coefficient (Wildman–Crippen LogP) is 1.57. The van der Waals surface area contributed by atoms with Crippen molar-refractivity contribution in [2.45, 2.75) is 13.5 Å². The van der Waals surface area contributed by atoms with E-state index < -0.39 is 0 Å². The van der Waals surface area contributed by atoms with E-state index in [0.29, 0.717) is 6.54 Å². The molecular formula is C8H12Cl2N4. The van der Waals surface area contributed by atoms with E-state index in [9.17, 15) is 0 Å². The lowest BCUT2D eigenvalue weighted by Crippen LogP contribution is -1.97. The Hall–Kier alpha value is -0.840. The van der Waals surface area contributed by atoms with E-state index in [1.165, 1.54) is 0 Å². The third-order valence-electron chi connectivity index (χ3n) is 1.73. The minimum absolute atomic E-state index is 0. The number of imidazole rings is 1. The van der Waals surface area contributed by atoms with E-state index in [2.05, 4.69) is 15.0 Å². The Kier molecular flexibility index (Phi) is 4.83. The zero-order valence-corrected chi connectivity index (χ0v) is 9.28. The molecule has 3 N–H and O–H groups in total. The number of rotatable bonds is 1. The van der Waals surface area contributed by atoms with Gasteiger partial charge in [0.25, 0.3) is 0 Å². The SMILES string of the molecule is Cc1ccc2[nH]c(CN)nc2n1.Cl.Cl. The first kappa shape index (κ1) is 13.2. The minimum atomic E-state index is 0. The van der Waals surface area contributed by atoms with Gasteiger partial charge in [-0.25, -0.2) is 9.97 Å². The number of fused-ring (bicyclic) bond motifs is 1. The van der Waals surface area contributed by atoms with Crippen LogP contribution in [0.1, 0.15) is 11.5 Å². The number of H-pyrrole nitrogens is 1. The van der Waals surface area contributed by atoms with E-state index in [0.717, 1.165) is 22.7 Å². The van der Waals surface area contributed by atoms with Crippen molar-refractivity contribution in [3.05, 3.63) is 23.7 Å². The molecule has 2 aromatic rings. The molecule has 0 saturated carbocycles. The Balaban J connectivity index is 0.000000845. The van der Waals surface area contributed by atoms with E-state index >= 15 is 0 Å². The zero-order valence-electron chi connectivity index (χ0n) is 7.65. The Morgan fingerprint density at radius 3 is 2.64 bits per heavy atom. The topological polar surface area (TPSA) is 67.6 Å². The van der Waals surface area contributed by atoms with Crippen molar-refractivity contribution in [3.63, 3.8) is 0 Å². The van der Waals surface area contributed by atoms with Gasteiger partial charge in [0.1, 0.15) is 5.82 Å². The van der Waals surface area contributed by atoms with Crippen LogP contribution in [-0.4, -0.2) is 15.0 Å². The fourth-order valence-corrected chi connectivity index (χ4v) is 1.13. The summed E-state index contributed by atoms with van der Waals surface area (Å²) in [6, 6.07) is 3.91. The van der Waals surface area contributed by atoms with E-state index in [1.54, 1.807) is 0 Å². The summed E-state index contributed by atoms with van der Waals surface area (Å²) < 4.78 is 0. The van der Waals surface area contributed by atoms with Crippen LogP contribution in [0.4, 0.5) is 0 Å². The van der Waals surface area contributed by atoms with Crippen molar-refractivity contribution in [2.24, 2.45) is 5.73 Å². The fourth-order valence-electron chi connectivity index (χ4n) is 1.13. The Bertz CT molecular complexity index is 413. The molecule has 2 aromatic heterocycles. The van der Waals surface area contributed by atoms with Gasteiger partial charge < -0.3 is 10.7 Å². The highest BCUT2D eigenvalue weighted by molar-refractivity contribution is 5.85. The van der Waals surface area contributed by atoms with Gasteiger partial charge in [-0.15, -0.1) is 24.8 Å². The molecule has 0 bridgehead atoms. The highest BCUT2D eigenvalue weighted by Crippen LogP contribution is 2.08. The average molecular weight is 235 g/mol. The van der Waals surface area contributed by atoms with Crippen LogP contribution in [0.2, 0.25) is 0 Å². The van der Waals surface area contributed by atoms with Gasteiger partial charge >= 0.3 is 0 Å². The van der Waals surface area contributed by atoms with Gasteiger partial charge in [0.2, 0.25) is 0 Å². The summed E-state index contributed by atoms with van der Waals surface area (Å²) >= 11 is 0. The zero-order chi connectivity index (χ0) is 8.55. The normalized spacial score (nSPS) is 9.29. The number of aromatic nitrogens is 3. The molecule has 78 valence electrons. The number of nitrogens with one attached hydrogen (secondary N) is 1. The first-order chi connectivity index (χ1) is 5.79. The van der Waals surface area contributed by atoms with Crippen LogP contribution < -0.4 is 5.73 Å². The summed E-state index contributed by atoms with van der Waals surface area (Å²) in [6.45, 7) is 2.37. The second-order valence-electron chi connectivity index (χ2n) is 2.71. The third-order valence-corrected chi connectivity index (χ3v) is 1.73. The summed E-state index contributed by atoms with van der Waals surface area (Å²) in [7, 11) is 0. The number of nitrogens with zero attached hydrogens (tertiary/aromatic N) is 2. The van der Waals surface area contributed by atoms with Crippen LogP contribution in [-0.2, 0) is 6.54 Å². The average Bonchev–Trinajstić information content (AvgIpc) is 2.46. The standard InChI is InChI=1S/C8H10N4.2ClH/c1-5-2-3-6-8(10-5)12-7(4-9)11-6;;/h2-3H,4,9H2,1H3,(H,10,11,12);2*1H. The molecule has 2 rings (SSSR count). The van der Waals surface area contributed by atoms with Crippen molar-refractivity contribution in [2.75, 3.05) is 0 Å². The lowest BCUT2D eigenvalue weighted by Gasteiger charge is -1.88. The maximum atomic E-state index is 5.43. The largest absolute Gasteiger partial charge is 0.340 e. The maximum absolute atomic E-state index is 5.43. The lowest BCUT2D eigenvalue weighted by molar-refractivity contribution is 0.956. The van der Waals surface area contributed by atoms with Gasteiger partial charge in [-0.2, -0.15) is 0 Å². The Labute approximate surface area is 94.1 Å². The van der Waals surface area contributed by atoms with Crippen molar-refractivity contribution in [3.8, 4) is 0 Å². The fraction of sp³-hybridized carbons (Fsp3) is 0.250. The van der Waals surface area contributed by atoms with Crippen molar-refractivity contribution in [1.29, 1.82) is 0 Å². The van der Waals surface area contributed by atoms with Crippen molar-refractivity contribution >= 4 is 36.0 Å². The smallest absolute Gasteiger partial charge is 0.177 e. The summed E-state index contributed by atoms with van der Waals surface area (Å²) in [5, 5.41) is 0. The number of aromatic amines is 1. The Morgan fingerprint density at radius 1 is 1.29 bits per heavy atom. The minimum Gasteiger partial charge on any atom is -0.340 e. The molecule has 0 spiro atoms. The lowest BCUT2D eigenvalue weighted by atomic mass is 10.4. The summed E-state index contributed by atoms with van der Waals surface area (Å²) in [6.07, 6.45) is 0. The molecule has 6 heteroatoms. The molecule has 0 fully saturated rings. The van der Waals surface area contributed by atoms with Gasteiger partial charge in [-0.3, -0.25) is 0 Å². The molecule has 0 aromatic carbocycles. The van der Waals surface area contributed by atoms with Crippen molar-refractivity contribution < 1.29 is 0 Å². The first-order valence-corrected chi connectivity index (χ1v) is 3.82. The number of aryl methyl sites for hydroxylation is 1. The molecule has 0 atom stereocenters. The number of hydrogen-bond acceptors (Lipinski definition) is 3. The molecule has 4 nitrogen and oxygen atoms in total. The molecular weight excluding hydrogens is 223 g/mol. The summed E-state index contributed by atoms with van der Waals surface area (Å²) in [5.74, 6) is 0.781. The molecule has 0 radical (unpaired) electrons. The van der Waals surface area contributed by atoms with E-state index in [1.807, 2.05) is 19.1 Å². The molecule has 0 aliphatic carbocycles. The maximum Gasteiger partial charge on any atom is 0.177 e. The molecule has 0 saturated heterocycles. The molecule has 0 amide bonds. The van der Waals surface area contributed by atoms with Gasteiger partial charge in [0, 0.05) is 5.69 Å². The molecule has 0 aliphatic heterocycles. The molecule has 0 unspecified atom stereocenters. The number of pyridine rings is 1. The van der Waals surface area contributed by atoms with E-state index in [-0.39, 0.29) is 24.8 Å². The van der Waals surface area contributed by atoms with Crippen molar-refractivity contribution in [1.82, 2.24) is 15.0 Å². The van der Waals surface area contributed by atoms with Crippen LogP contribution in [0.15, 0.2) is 12.1 Å². The highest BCUT2D eigenvalue weighted by Gasteiger charge is 2.00. The number of nitrogens with two attached hydrogens (primary N) is 1. The van der Waals surface area contributed by atoms with Gasteiger partial charge in [0.05, 0.1) is 12.1 Å². The van der Waals surface area contributed by atoms with Gasteiger partial charge in [0.15, 0.2) is 5.65 Å². The number of halogens is 2. The predicted molar refractivity (Wildman–Crippen MR) is 61.0 cm³/mol. The summed E-state index contributed by atoms with van der Waals surface area (Å²) in [4.78, 5) is 11.5. The van der Waals surface area contributed by atoms with Crippen LogP contribution in [0, 0.1) is 6.92 Å². The number of hydrogen-bond donors (Lipinski definition) is 2. The second-order valence-corrected chi connectivity index (χ2v) is 2.71. The van der Waals surface area contributed by atoms with Crippen LogP contribution in [0.3, 0.4) is 0 Å². The van der Waals surface area contributed by atoms with Crippen LogP contribution in [0.25, 0.3) is 11.2 Å². The van der Waals surface area contributed by atoms with Gasteiger partial charge in [-0.1, -0.05) is 0 Å². The Morgan fingerprint density at radius 2 is 2.00 bits per heavy atom. The second kappa shape index (κ2) is 5.14. The van der Waals surface area contributed by atoms with Crippen LogP contribution in [0.5, 0.6) is 0 Å². The summed E-state index contributed by atoms with van der Waals surface area (Å²) in [5.41, 5.74) is 8.09. The molecule has 14 heavy (non-hydrogen) atoms. The highest BCUT2D eigenvalue weighted by atomic mass is 35.5. The molecule has 2 heterocycles. The van der Waals surface area contributed by atoms with E-state index in [4.69, 9.17) is 5.73 Å². The van der Waals surface area contributed by atoms with Gasteiger partial charge in [-0.05, 0) is 19.1 Å². The molecule has 0 aliphatic rings. The quantitative estimate of drug-likeness (QED) is 0.788.